The Balaban J connectivity index is -0.000000304. The molecular formula is C25H56O3. The van der Waals surface area contributed by atoms with E-state index in [4.69, 9.17) is 14.2 Å². The quantitative estimate of drug-likeness (QED) is 0.415. The smallest absolute Gasteiger partial charge is 0.0492 e. The Morgan fingerprint density at radius 1 is 0.536 bits per heavy atom. The summed E-state index contributed by atoms with van der Waals surface area (Å²) in [4.78, 5) is 0. The fourth-order valence-corrected chi connectivity index (χ4v) is 2.87. The summed E-state index contributed by atoms with van der Waals surface area (Å²) in [5, 5.41) is 0. The van der Waals surface area contributed by atoms with Gasteiger partial charge in [-0.3, -0.25) is 0 Å². The molecule has 3 rings (SSSR count). The Labute approximate surface area is 179 Å². The van der Waals surface area contributed by atoms with Gasteiger partial charge in [-0.05, 0) is 48.9 Å². The zero-order valence-corrected chi connectivity index (χ0v) is 21.5. The number of hydrogen-bond donors (Lipinski definition) is 0. The van der Waals surface area contributed by atoms with Crippen molar-refractivity contribution in [3.63, 3.8) is 0 Å². The standard InChI is InChI=1S/C9H18O.2C5H10O.3C2H6/c1-9(2,3)8-4-6-10-7-5-8;2*1-5-2-3-6-4-5;3*1-2/h8H,4-7H2,1-3H3;2*5H,2-4H2,1H3;3*1-2H3/t;2*5-;;;/m.10.../s1. The SMILES string of the molecule is CC.CC.CC.CC(C)(C)C1CCOCC1.C[C@@H]1CCOC1.C[C@H]1CCOC1. The average Bonchev–Trinajstić information content (AvgIpc) is 3.41. The number of rotatable bonds is 0. The van der Waals surface area contributed by atoms with Crippen LogP contribution in [0.15, 0.2) is 0 Å². The van der Waals surface area contributed by atoms with Crippen molar-refractivity contribution in [1.29, 1.82) is 0 Å². The highest BCUT2D eigenvalue weighted by Gasteiger charge is 2.25. The zero-order valence-electron chi connectivity index (χ0n) is 21.5. The Morgan fingerprint density at radius 2 is 0.857 bits per heavy atom. The molecule has 0 saturated carbocycles. The summed E-state index contributed by atoms with van der Waals surface area (Å²) in [6.45, 7) is 29.3. The van der Waals surface area contributed by atoms with Gasteiger partial charge in [-0.1, -0.05) is 76.2 Å². The molecule has 28 heavy (non-hydrogen) atoms. The predicted molar refractivity (Wildman–Crippen MR) is 126 cm³/mol. The molecule has 0 bridgehead atoms. The van der Waals surface area contributed by atoms with Gasteiger partial charge < -0.3 is 14.2 Å². The van der Waals surface area contributed by atoms with E-state index < -0.39 is 0 Å². The molecule has 0 aromatic heterocycles. The fourth-order valence-electron chi connectivity index (χ4n) is 2.87. The molecule has 3 heteroatoms. The van der Waals surface area contributed by atoms with Crippen LogP contribution in [-0.2, 0) is 14.2 Å². The molecule has 3 heterocycles. The van der Waals surface area contributed by atoms with Crippen LogP contribution in [0, 0.1) is 23.2 Å². The van der Waals surface area contributed by atoms with Crippen LogP contribution in [0.3, 0.4) is 0 Å². The van der Waals surface area contributed by atoms with Crippen LogP contribution in [0.1, 0.15) is 102 Å². The van der Waals surface area contributed by atoms with E-state index >= 15 is 0 Å². The second kappa shape index (κ2) is 23.2. The van der Waals surface area contributed by atoms with Gasteiger partial charge in [0.05, 0.1) is 0 Å². The first-order chi connectivity index (χ1) is 13.4. The van der Waals surface area contributed by atoms with E-state index in [-0.39, 0.29) is 0 Å². The normalized spacial score (nSPS) is 23.7. The maximum atomic E-state index is 5.29. The van der Waals surface area contributed by atoms with Gasteiger partial charge in [0.1, 0.15) is 0 Å². The fraction of sp³-hybridized carbons (Fsp3) is 1.00. The van der Waals surface area contributed by atoms with Gasteiger partial charge in [-0.15, -0.1) is 0 Å². The van der Waals surface area contributed by atoms with Crippen molar-refractivity contribution in [2.75, 3.05) is 39.6 Å². The van der Waals surface area contributed by atoms with Gasteiger partial charge in [-0.25, -0.2) is 0 Å². The molecule has 0 aliphatic carbocycles. The first-order valence-corrected chi connectivity index (χ1v) is 12.1. The molecule has 0 N–H and O–H groups in total. The molecule has 0 aromatic carbocycles. The van der Waals surface area contributed by atoms with E-state index in [2.05, 4.69) is 34.6 Å². The minimum atomic E-state index is 0.490. The third-order valence-electron chi connectivity index (χ3n) is 4.76. The minimum Gasteiger partial charge on any atom is -0.381 e. The highest BCUT2D eigenvalue weighted by Crippen LogP contribution is 2.33. The summed E-state index contributed by atoms with van der Waals surface area (Å²) >= 11 is 0. The van der Waals surface area contributed by atoms with E-state index in [0.717, 1.165) is 57.4 Å². The molecule has 0 amide bonds. The van der Waals surface area contributed by atoms with Crippen molar-refractivity contribution >= 4 is 0 Å². The summed E-state index contributed by atoms with van der Waals surface area (Å²) < 4.78 is 15.4. The molecule has 3 nitrogen and oxygen atoms in total. The van der Waals surface area contributed by atoms with E-state index in [9.17, 15) is 0 Å². The number of hydrogen-bond acceptors (Lipinski definition) is 3. The van der Waals surface area contributed by atoms with Gasteiger partial charge in [0.15, 0.2) is 0 Å². The first-order valence-electron chi connectivity index (χ1n) is 12.1. The predicted octanol–water partition coefficient (Wildman–Crippen LogP) is 7.62. The molecule has 3 fully saturated rings. The molecule has 0 spiro atoms. The lowest BCUT2D eigenvalue weighted by molar-refractivity contribution is 0.0286. The highest BCUT2D eigenvalue weighted by molar-refractivity contribution is 4.75. The lowest BCUT2D eigenvalue weighted by Crippen LogP contribution is -2.27. The van der Waals surface area contributed by atoms with Crippen LogP contribution in [0.5, 0.6) is 0 Å². The van der Waals surface area contributed by atoms with Crippen LogP contribution in [0.2, 0.25) is 0 Å². The van der Waals surface area contributed by atoms with Crippen LogP contribution in [0.25, 0.3) is 0 Å². The molecule has 3 aliphatic rings. The van der Waals surface area contributed by atoms with Crippen molar-refractivity contribution in [3.05, 3.63) is 0 Å². The third kappa shape index (κ3) is 20.6. The number of ether oxygens (including phenoxy) is 3. The van der Waals surface area contributed by atoms with E-state index in [1.807, 2.05) is 41.5 Å². The topological polar surface area (TPSA) is 27.7 Å². The van der Waals surface area contributed by atoms with Crippen LogP contribution < -0.4 is 0 Å². The Morgan fingerprint density at radius 3 is 1.00 bits per heavy atom. The first kappa shape index (κ1) is 32.5. The molecule has 3 saturated heterocycles. The van der Waals surface area contributed by atoms with Crippen molar-refractivity contribution in [2.45, 2.75) is 102 Å². The van der Waals surface area contributed by atoms with E-state index in [1.165, 1.54) is 25.7 Å². The maximum Gasteiger partial charge on any atom is 0.0492 e. The molecular weight excluding hydrogens is 348 g/mol. The van der Waals surface area contributed by atoms with Crippen molar-refractivity contribution < 1.29 is 14.2 Å². The van der Waals surface area contributed by atoms with Crippen LogP contribution >= 0.6 is 0 Å². The largest absolute Gasteiger partial charge is 0.381 e. The monoisotopic (exact) mass is 404 g/mol. The van der Waals surface area contributed by atoms with Gasteiger partial charge in [0.25, 0.3) is 0 Å². The molecule has 174 valence electrons. The lowest BCUT2D eigenvalue weighted by atomic mass is 9.76. The summed E-state index contributed by atoms with van der Waals surface area (Å²) in [5.41, 5.74) is 0.490. The van der Waals surface area contributed by atoms with Crippen molar-refractivity contribution in [3.8, 4) is 0 Å². The summed E-state index contributed by atoms with van der Waals surface area (Å²) in [5.74, 6) is 2.52. The van der Waals surface area contributed by atoms with Crippen molar-refractivity contribution in [1.82, 2.24) is 0 Å². The zero-order chi connectivity index (χ0) is 22.4. The van der Waals surface area contributed by atoms with Gasteiger partial charge in [-0.2, -0.15) is 0 Å². The van der Waals surface area contributed by atoms with E-state index in [1.54, 1.807) is 0 Å². The molecule has 0 unspecified atom stereocenters. The van der Waals surface area contributed by atoms with Crippen LogP contribution in [0.4, 0.5) is 0 Å². The second-order valence-electron chi connectivity index (χ2n) is 8.19. The third-order valence-corrected chi connectivity index (χ3v) is 4.76. The Bertz CT molecular complexity index is 241. The van der Waals surface area contributed by atoms with Gasteiger partial charge in [0.2, 0.25) is 0 Å². The summed E-state index contributed by atoms with van der Waals surface area (Å²) in [6, 6.07) is 0. The van der Waals surface area contributed by atoms with Crippen LogP contribution in [-0.4, -0.2) is 39.6 Å². The van der Waals surface area contributed by atoms with Gasteiger partial charge >= 0.3 is 0 Å². The molecule has 0 radical (unpaired) electrons. The Kier molecular flexibility index (Phi) is 26.9. The van der Waals surface area contributed by atoms with Gasteiger partial charge in [0, 0.05) is 39.6 Å². The summed E-state index contributed by atoms with van der Waals surface area (Å²) in [6.07, 6.45) is 5.03. The van der Waals surface area contributed by atoms with E-state index in [0.29, 0.717) is 5.41 Å². The molecule has 2 atom stereocenters. The maximum absolute atomic E-state index is 5.29. The highest BCUT2D eigenvalue weighted by atomic mass is 16.5. The molecule has 0 aromatic rings. The van der Waals surface area contributed by atoms with Crippen molar-refractivity contribution in [2.24, 2.45) is 23.2 Å². The molecule has 3 aliphatic heterocycles. The summed E-state index contributed by atoms with van der Waals surface area (Å²) in [7, 11) is 0. The second-order valence-corrected chi connectivity index (χ2v) is 8.19. The lowest BCUT2D eigenvalue weighted by Gasteiger charge is -2.33. The average molecular weight is 405 g/mol. The Hall–Kier alpha value is -0.120. The minimum absolute atomic E-state index is 0.490.